The molecule has 1 aliphatic rings. The van der Waals surface area contributed by atoms with Gasteiger partial charge in [-0.25, -0.2) is 0 Å². The Balaban J connectivity index is 2.51. The molecule has 1 aromatic rings. The molecule has 1 heteroatoms. The molecule has 74 valence electrons. The molecule has 1 unspecified atom stereocenters. The first-order valence-corrected chi connectivity index (χ1v) is 5.04. The highest BCUT2D eigenvalue weighted by Crippen LogP contribution is 2.34. The van der Waals surface area contributed by atoms with Crippen LogP contribution in [0.5, 0.6) is 0 Å². The maximum atomic E-state index is 6.17. The Morgan fingerprint density at radius 2 is 2.07 bits per heavy atom. The summed E-state index contributed by atoms with van der Waals surface area (Å²) >= 11 is 0. The van der Waals surface area contributed by atoms with Crippen molar-refractivity contribution in [3.63, 3.8) is 0 Å². The lowest BCUT2D eigenvalue weighted by molar-refractivity contribution is 0.467. The van der Waals surface area contributed by atoms with Crippen LogP contribution in [0.1, 0.15) is 30.0 Å². The van der Waals surface area contributed by atoms with Crippen LogP contribution in [0, 0.1) is 6.92 Å². The number of nitrogens with two attached hydrogens (primary N) is 1. The summed E-state index contributed by atoms with van der Waals surface area (Å²) in [5.74, 6) is 0. The third-order valence-electron chi connectivity index (χ3n) is 2.85. The van der Waals surface area contributed by atoms with Gasteiger partial charge in [0, 0.05) is 5.54 Å². The van der Waals surface area contributed by atoms with Crippen LogP contribution < -0.4 is 5.73 Å². The van der Waals surface area contributed by atoms with Gasteiger partial charge in [0.1, 0.15) is 0 Å². The van der Waals surface area contributed by atoms with E-state index in [0.29, 0.717) is 0 Å². The highest BCUT2D eigenvalue weighted by Gasteiger charge is 2.27. The Bertz CT molecular complexity index is 388. The third kappa shape index (κ3) is 1.60. The predicted octanol–water partition coefficient (Wildman–Crippen LogP) is 2.67. The fraction of sp³-hybridized carbons (Fsp3) is 0.385. The van der Waals surface area contributed by atoms with E-state index >= 15 is 0 Å². The molecular weight excluding hydrogens is 170 g/mol. The summed E-state index contributed by atoms with van der Waals surface area (Å²) in [4.78, 5) is 0. The van der Waals surface area contributed by atoms with Gasteiger partial charge in [0.2, 0.25) is 0 Å². The van der Waals surface area contributed by atoms with E-state index in [9.17, 15) is 0 Å². The number of rotatable bonds is 0. The van der Waals surface area contributed by atoms with Gasteiger partial charge < -0.3 is 5.73 Å². The molecule has 14 heavy (non-hydrogen) atoms. The Morgan fingerprint density at radius 3 is 2.79 bits per heavy atom. The fourth-order valence-corrected chi connectivity index (χ4v) is 2.29. The van der Waals surface area contributed by atoms with Crippen LogP contribution in [-0.2, 0) is 6.42 Å². The lowest BCUT2D eigenvalue weighted by atomic mass is 9.77. The van der Waals surface area contributed by atoms with Gasteiger partial charge in [-0.15, -0.1) is 0 Å². The van der Waals surface area contributed by atoms with E-state index in [1.807, 2.05) is 0 Å². The molecule has 0 fully saturated rings. The summed E-state index contributed by atoms with van der Waals surface area (Å²) in [5, 5.41) is 0. The van der Waals surface area contributed by atoms with E-state index in [1.54, 1.807) is 0 Å². The number of hydrogen-bond acceptors (Lipinski definition) is 1. The largest absolute Gasteiger partial charge is 0.325 e. The zero-order valence-corrected chi connectivity index (χ0v) is 8.93. The van der Waals surface area contributed by atoms with Gasteiger partial charge in [-0.1, -0.05) is 30.3 Å². The molecule has 0 bridgehead atoms. The molecule has 1 atom stereocenters. The molecule has 0 spiro atoms. The van der Waals surface area contributed by atoms with Crippen molar-refractivity contribution in [2.45, 2.75) is 32.2 Å². The van der Waals surface area contributed by atoms with Crippen molar-refractivity contribution in [3.05, 3.63) is 41.5 Å². The van der Waals surface area contributed by atoms with E-state index < -0.39 is 0 Å². The van der Waals surface area contributed by atoms with Crippen LogP contribution in [0.2, 0.25) is 0 Å². The van der Waals surface area contributed by atoms with Crippen molar-refractivity contribution in [1.29, 1.82) is 0 Å². The van der Waals surface area contributed by atoms with E-state index in [1.165, 1.54) is 22.3 Å². The van der Waals surface area contributed by atoms with E-state index in [-0.39, 0.29) is 5.54 Å². The van der Waals surface area contributed by atoms with Gasteiger partial charge in [0.15, 0.2) is 0 Å². The summed E-state index contributed by atoms with van der Waals surface area (Å²) in [6, 6.07) is 6.54. The van der Waals surface area contributed by atoms with Crippen LogP contribution in [0.3, 0.4) is 0 Å². The number of aryl methyl sites for hydroxylation is 1. The van der Waals surface area contributed by atoms with Gasteiger partial charge in [-0.3, -0.25) is 0 Å². The molecule has 0 aliphatic heterocycles. The van der Waals surface area contributed by atoms with Crippen molar-refractivity contribution >= 4 is 5.57 Å². The number of fused-ring (bicyclic) bond motifs is 1. The standard InChI is InChI=1S/C13H17N/c1-9-4-5-12-10(2)7-13(3,14)8-11(12)6-9/h4-6H,2,7-8,14H2,1,3H3. The van der Waals surface area contributed by atoms with Crippen molar-refractivity contribution in [2.24, 2.45) is 5.73 Å². The maximum Gasteiger partial charge on any atom is 0.0207 e. The quantitative estimate of drug-likeness (QED) is 0.664. The van der Waals surface area contributed by atoms with Crippen LogP contribution >= 0.6 is 0 Å². The first kappa shape index (κ1) is 9.47. The smallest absolute Gasteiger partial charge is 0.0207 e. The van der Waals surface area contributed by atoms with Crippen molar-refractivity contribution in [3.8, 4) is 0 Å². The van der Waals surface area contributed by atoms with Crippen molar-refractivity contribution in [2.75, 3.05) is 0 Å². The van der Waals surface area contributed by atoms with Crippen molar-refractivity contribution in [1.82, 2.24) is 0 Å². The van der Waals surface area contributed by atoms with Gasteiger partial charge in [-0.2, -0.15) is 0 Å². The monoisotopic (exact) mass is 187 g/mol. The second kappa shape index (κ2) is 2.96. The lowest BCUT2D eigenvalue weighted by Crippen LogP contribution is -2.41. The highest BCUT2D eigenvalue weighted by atomic mass is 14.7. The third-order valence-corrected chi connectivity index (χ3v) is 2.85. The van der Waals surface area contributed by atoms with Gasteiger partial charge in [0.25, 0.3) is 0 Å². The molecule has 0 saturated carbocycles. The summed E-state index contributed by atoms with van der Waals surface area (Å²) in [6.45, 7) is 8.32. The van der Waals surface area contributed by atoms with Gasteiger partial charge in [-0.05, 0) is 43.4 Å². The molecule has 0 radical (unpaired) electrons. The van der Waals surface area contributed by atoms with E-state index in [2.05, 4.69) is 38.6 Å². The molecule has 2 rings (SSSR count). The van der Waals surface area contributed by atoms with Crippen LogP contribution in [0.4, 0.5) is 0 Å². The topological polar surface area (TPSA) is 26.0 Å². The second-order valence-corrected chi connectivity index (χ2v) is 4.77. The lowest BCUT2D eigenvalue weighted by Gasteiger charge is -2.32. The van der Waals surface area contributed by atoms with E-state index in [0.717, 1.165) is 12.8 Å². The van der Waals surface area contributed by atoms with Crippen molar-refractivity contribution < 1.29 is 0 Å². The first-order valence-electron chi connectivity index (χ1n) is 5.04. The summed E-state index contributed by atoms with van der Waals surface area (Å²) < 4.78 is 0. The van der Waals surface area contributed by atoms with Gasteiger partial charge in [0.05, 0.1) is 0 Å². The zero-order valence-electron chi connectivity index (χ0n) is 8.93. The fourth-order valence-electron chi connectivity index (χ4n) is 2.29. The van der Waals surface area contributed by atoms with Crippen LogP contribution in [-0.4, -0.2) is 5.54 Å². The Hall–Kier alpha value is -1.08. The maximum absolute atomic E-state index is 6.17. The molecule has 0 amide bonds. The molecule has 1 nitrogen and oxygen atoms in total. The molecule has 0 saturated heterocycles. The summed E-state index contributed by atoms with van der Waals surface area (Å²) in [7, 11) is 0. The SMILES string of the molecule is C=C1CC(C)(N)Cc2cc(C)ccc21. The highest BCUT2D eigenvalue weighted by molar-refractivity contribution is 5.70. The van der Waals surface area contributed by atoms with Crippen LogP contribution in [0.15, 0.2) is 24.8 Å². The Kier molecular flexibility index (Phi) is 2.00. The molecule has 0 heterocycles. The van der Waals surface area contributed by atoms with E-state index in [4.69, 9.17) is 5.73 Å². The first-order chi connectivity index (χ1) is 6.48. The Morgan fingerprint density at radius 1 is 1.36 bits per heavy atom. The molecule has 1 aliphatic carbocycles. The summed E-state index contributed by atoms with van der Waals surface area (Å²) in [5.41, 5.74) is 11.2. The predicted molar refractivity (Wildman–Crippen MR) is 61.1 cm³/mol. The normalized spacial score (nSPS) is 26.1. The molecular formula is C13H17N. The Labute approximate surface area is 85.6 Å². The minimum Gasteiger partial charge on any atom is -0.325 e. The summed E-state index contributed by atoms with van der Waals surface area (Å²) in [6.07, 6.45) is 1.87. The molecule has 0 aromatic heterocycles. The average molecular weight is 187 g/mol. The minimum absolute atomic E-state index is 0.113. The average Bonchev–Trinajstić information content (AvgIpc) is 2.00. The van der Waals surface area contributed by atoms with Crippen LogP contribution in [0.25, 0.3) is 5.57 Å². The van der Waals surface area contributed by atoms with Gasteiger partial charge >= 0.3 is 0 Å². The minimum atomic E-state index is -0.113. The number of hydrogen-bond donors (Lipinski definition) is 1. The zero-order chi connectivity index (χ0) is 10.3. The second-order valence-electron chi connectivity index (χ2n) is 4.77. The molecule has 1 aromatic carbocycles. The number of benzene rings is 1. The molecule has 2 N–H and O–H groups in total.